The molecule has 0 amide bonds. The number of benzene rings is 2. The van der Waals surface area contributed by atoms with Gasteiger partial charge in [-0.2, -0.15) is 8.78 Å². The van der Waals surface area contributed by atoms with Crippen LogP contribution in [0.25, 0.3) is 10.9 Å². The fraction of sp³-hybridized carbons (Fsp3) is 0.533. The Labute approximate surface area is 243 Å². The van der Waals surface area contributed by atoms with Crippen molar-refractivity contribution in [3.8, 4) is 11.5 Å². The summed E-state index contributed by atoms with van der Waals surface area (Å²) in [5, 5.41) is 13.3. The van der Waals surface area contributed by atoms with Gasteiger partial charge in [0.05, 0.1) is 30.9 Å². The van der Waals surface area contributed by atoms with Crippen LogP contribution < -0.4 is 14.8 Å². The minimum Gasteiger partial charge on any atom is -0.490 e. The first-order chi connectivity index (χ1) is 19.7. The van der Waals surface area contributed by atoms with Crippen LogP contribution in [0, 0.1) is 18.6 Å². The zero-order valence-electron chi connectivity index (χ0n) is 24.9. The SMILES string of the molecule is COC[C@@]1(COc2cc3c(N[C@H](C)c4cccc(C(F)(F)C(C)(C)O)c4F)nc(C)nc3c(F)c2OC)CCCN1C. The highest BCUT2D eigenvalue weighted by Gasteiger charge is 2.49. The van der Waals surface area contributed by atoms with Gasteiger partial charge in [-0.25, -0.2) is 18.7 Å². The van der Waals surface area contributed by atoms with Crippen molar-refractivity contribution in [2.45, 2.75) is 63.6 Å². The van der Waals surface area contributed by atoms with Gasteiger partial charge < -0.3 is 24.6 Å². The fourth-order valence-corrected chi connectivity index (χ4v) is 5.40. The molecule has 2 aromatic carbocycles. The molecule has 0 radical (unpaired) electrons. The number of hydrogen-bond donors (Lipinski definition) is 2. The molecule has 8 nitrogen and oxygen atoms in total. The number of anilines is 1. The van der Waals surface area contributed by atoms with Crippen molar-refractivity contribution in [2.24, 2.45) is 0 Å². The standard InChI is InChI=1S/C30H38F4N4O4/c1-17(19-10-8-11-21(23(19)31)30(33,34)28(3,4)39)35-27-20-14-22(26(41-7)24(32)25(20)36-18(2)37-27)42-16-29(15-40-6)12-9-13-38(29)5/h8,10-11,14,17,39H,9,12-13,15-16H2,1-7H3,(H,35,36,37)/t17-,29-/m1/s1. The molecule has 230 valence electrons. The van der Waals surface area contributed by atoms with Crippen LogP contribution in [0.1, 0.15) is 56.6 Å². The smallest absolute Gasteiger partial charge is 0.303 e. The maximum absolute atomic E-state index is 15.8. The van der Waals surface area contributed by atoms with Gasteiger partial charge in [-0.3, -0.25) is 4.90 Å². The lowest BCUT2D eigenvalue weighted by Crippen LogP contribution is -2.50. The summed E-state index contributed by atoms with van der Waals surface area (Å²) in [6.45, 7) is 6.47. The first kappa shape index (κ1) is 31.7. The molecule has 1 fully saturated rings. The molecule has 2 N–H and O–H groups in total. The van der Waals surface area contributed by atoms with E-state index >= 15 is 8.78 Å². The third-order valence-corrected chi connectivity index (χ3v) is 7.98. The summed E-state index contributed by atoms with van der Waals surface area (Å²) in [6, 6.07) is 4.26. The van der Waals surface area contributed by atoms with E-state index in [1.807, 2.05) is 7.05 Å². The van der Waals surface area contributed by atoms with E-state index in [2.05, 4.69) is 20.2 Å². The molecule has 0 unspecified atom stereocenters. The molecule has 0 bridgehead atoms. The number of nitrogens with zero attached hydrogens (tertiary/aromatic N) is 3. The number of ether oxygens (including phenoxy) is 3. The van der Waals surface area contributed by atoms with E-state index < -0.39 is 40.3 Å². The van der Waals surface area contributed by atoms with Crippen molar-refractivity contribution in [3.63, 3.8) is 0 Å². The first-order valence-electron chi connectivity index (χ1n) is 13.7. The average Bonchev–Trinajstić information content (AvgIpc) is 3.27. The van der Waals surface area contributed by atoms with Crippen molar-refractivity contribution < 1.29 is 36.9 Å². The monoisotopic (exact) mass is 594 g/mol. The van der Waals surface area contributed by atoms with E-state index in [9.17, 15) is 13.9 Å². The van der Waals surface area contributed by atoms with Crippen molar-refractivity contribution in [2.75, 3.05) is 46.3 Å². The predicted octanol–water partition coefficient (Wildman–Crippen LogP) is 5.75. The molecule has 2 atom stereocenters. The largest absolute Gasteiger partial charge is 0.490 e. The van der Waals surface area contributed by atoms with E-state index in [1.54, 1.807) is 27.0 Å². The summed E-state index contributed by atoms with van der Waals surface area (Å²) in [4.78, 5) is 10.8. The Kier molecular flexibility index (Phi) is 8.92. The van der Waals surface area contributed by atoms with Crippen LogP contribution in [0.4, 0.5) is 23.4 Å². The van der Waals surface area contributed by atoms with Crippen LogP contribution in [0.15, 0.2) is 24.3 Å². The van der Waals surface area contributed by atoms with Crippen LogP contribution in [0.2, 0.25) is 0 Å². The van der Waals surface area contributed by atoms with Crippen molar-refractivity contribution >= 4 is 16.7 Å². The number of hydrogen-bond acceptors (Lipinski definition) is 8. The minimum atomic E-state index is -3.86. The fourth-order valence-electron chi connectivity index (χ4n) is 5.40. The van der Waals surface area contributed by atoms with Crippen LogP contribution in [-0.2, 0) is 10.7 Å². The quantitative estimate of drug-likeness (QED) is 0.272. The molecule has 12 heteroatoms. The van der Waals surface area contributed by atoms with E-state index in [-0.39, 0.29) is 46.2 Å². The first-order valence-corrected chi connectivity index (χ1v) is 13.7. The number of halogens is 4. The topological polar surface area (TPSA) is 89.0 Å². The Morgan fingerprint density at radius 2 is 1.86 bits per heavy atom. The Hall–Kier alpha value is -3.22. The average molecular weight is 595 g/mol. The van der Waals surface area contributed by atoms with E-state index in [0.29, 0.717) is 6.61 Å². The second-order valence-corrected chi connectivity index (χ2v) is 11.4. The predicted molar refractivity (Wildman–Crippen MR) is 151 cm³/mol. The van der Waals surface area contributed by atoms with Gasteiger partial charge in [0.1, 0.15) is 35.2 Å². The number of rotatable bonds is 11. The van der Waals surface area contributed by atoms with Gasteiger partial charge in [-0.15, -0.1) is 0 Å². The molecular formula is C30H38F4N4O4. The Morgan fingerprint density at radius 3 is 2.45 bits per heavy atom. The van der Waals surface area contributed by atoms with Crippen LogP contribution in [-0.4, -0.2) is 72.1 Å². The highest BCUT2D eigenvalue weighted by atomic mass is 19.3. The van der Waals surface area contributed by atoms with Gasteiger partial charge in [-0.1, -0.05) is 12.1 Å². The molecular weight excluding hydrogens is 556 g/mol. The summed E-state index contributed by atoms with van der Waals surface area (Å²) >= 11 is 0. The highest BCUT2D eigenvalue weighted by molar-refractivity contribution is 5.92. The molecule has 1 aliphatic heterocycles. The number of aromatic nitrogens is 2. The lowest BCUT2D eigenvalue weighted by atomic mass is 9.91. The molecule has 42 heavy (non-hydrogen) atoms. The van der Waals surface area contributed by atoms with Crippen molar-refractivity contribution in [3.05, 3.63) is 52.9 Å². The number of aliphatic hydroxyl groups is 1. The molecule has 0 aliphatic carbocycles. The summed E-state index contributed by atoms with van der Waals surface area (Å²) in [5.74, 6) is -5.41. The van der Waals surface area contributed by atoms with Crippen LogP contribution >= 0.6 is 0 Å². The number of methoxy groups -OCH3 is 2. The second-order valence-electron chi connectivity index (χ2n) is 11.4. The number of fused-ring (bicyclic) bond motifs is 1. The molecule has 0 spiro atoms. The summed E-state index contributed by atoms with van der Waals surface area (Å²) in [6.07, 6.45) is 1.80. The molecule has 1 saturated heterocycles. The van der Waals surface area contributed by atoms with Gasteiger partial charge in [-0.05, 0) is 66.3 Å². The number of likely N-dealkylation sites (N-methyl/N-ethyl adjacent to an activating group) is 1. The van der Waals surface area contributed by atoms with Crippen LogP contribution in [0.3, 0.4) is 0 Å². The number of aryl methyl sites for hydroxylation is 1. The maximum atomic E-state index is 15.8. The molecule has 3 aromatic rings. The Morgan fingerprint density at radius 1 is 1.14 bits per heavy atom. The summed E-state index contributed by atoms with van der Waals surface area (Å²) in [7, 11) is 4.94. The van der Waals surface area contributed by atoms with E-state index in [4.69, 9.17) is 14.2 Å². The third kappa shape index (κ3) is 5.71. The van der Waals surface area contributed by atoms with Gasteiger partial charge in [0.25, 0.3) is 0 Å². The van der Waals surface area contributed by atoms with Crippen molar-refractivity contribution in [1.29, 1.82) is 0 Å². The molecule has 4 rings (SSSR count). The molecule has 0 saturated carbocycles. The van der Waals surface area contributed by atoms with Crippen molar-refractivity contribution in [1.82, 2.24) is 14.9 Å². The summed E-state index contributed by atoms with van der Waals surface area (Å²) in [5.41, 5.74) is -3.96. The van der Waals surface area contributed by atoms with Gasteiger partial charge in [0, 0.05) is 18.1 Å². The Bertz CT molecular complexity index is 1450. The molecule has 1 aliphatic rings. The van der Waals surface area contributed by atoms with Crippen LogP contribution in [0.5, 0.6) is 11.5 Å². The summed E-state index contributed by atoms with van der Waals surface area (Å²) < 4.78 is 78.1. The van der Waals surface area contributed by atoms with Gasteiger partial charge in [0.2, 0.25) is 0 Å². The number of nitrogens with one attached hydrogen (secondary N) is 1. The van der Waals surface area contributed by atoms with E-state index in [0.717, 1.165) is 39.3 Å². The third-order valence-electron chi connectivity index (χ3n) is 7.98. The number of alkyl halides is 2. The van der Waals surface area contributed by atoms with Gasteiger partial charge >= 0.3 is 5.92 Å². The molecule has 2 heterocycles. The number of likely N-dealkylation sites (tertiary alicyclic amines) is 1. The lowest BCUT2D eigenvalue weighted by Gasteiger charge is -2.35. The maximum Gasteiger partial charge on any atom is 0.303 e. The Balaban J connectivity index is 1.74. The zero-order chi connectivity index (χ0) is 31.0. The minimum absolute atomic E-state index is 0.0474. The zero-order valence-corrected chi connectivity index (χ0v) is 24.9. The highest BCUT2D eigenvalue weighted by Crippen LogP contribution is 2.42. The lowest BCUT2D eigenvalue weighted by molar-refractivity contribution is -0.170. The second kappa shape index (κ2) is 11.8. The normalized spacial score (nSPS) is 18.9. The van der Waals surface area contributed by atoms with Gasteiger partial charge in [0.15, 0.2) is 17.3 Å². The van der Waals surface area contributed by atoms with E-state index in [1.165, 1.54) is 19.2 Å². The molecule has 1 aromatic heterocycles.